The highest BCUT2D eigenvalue weighted by Crippen LogP contribution is 2.28. The smallest absolute Gasteiger partial charge is 0.255 e. The molecule has 3 nitrogen and oxygen atoms in total. The Morgan fingerprint density at radius 1 is 1.42 bits per heavy atom. The number of phenolic OH excluding ortho intramolecular Hbond substituents is 1. The van der Waals surface area contributed by atoms with Crippen LogP contribution in [0, 0.1) is 5.41 Å². The standard InChI is InChI=1S/C14H19BrClNO2/c1-3-14(4-2,8-15)9-17-13(19)11-6-5-10(16)7-12(11)18/h5-7,18H,3-4,8-9H2,1-2H3,(H,17,19). The summed E-state index contributed by atoms with van der Waals surface area (Å²) in [6, 6.07) is 4.49. The highest BCUT2D eigenvalue weighted by atomic mass is 79.9. The molecule has 1 aromatic rings. The van der Waals surface area contributed by atoms with Crippen LogP contribution < -0.4 is 5.32 Å². The van der Waals surface area contributed by atoms with E-state index in [0.717, 1.165) is 18.2 Å². The van der Waals surface area contributed by atoms with Gasteiger partial charge in [0, 0.05) is 16.9 Å². The lowest BCUT2D eigenvalue weighted by atomic mass is 9.84. The lowest BCUT2D eigenvalue weighted by Crippen LogP contribution is -2.38. The van der Waals surface area contributed by atoms with Gasteiger partial charge in [0.2, 0.25) is 0 Å². The third kappa shape index (κ3) is 4.11. The van der Waals surface area contributed by atoms with Gasteiger partial charge in [-0.2, -0.15) is 0 Å². The van der Waals surface area contributed by atoms with E-state index in [1.54, 1.807) is 6.07 Å². The van der Waals surface area contributed by atoms with Gasteiger partial charge in [0.25, 0.3) is 5.91 Å². The minimum atomic E-state index is -0.276. The molecule has 0 spiro atoms. The van der Waals surface area contributed by atoms with Crippen molar-refractivity contribution in [3.8, 4) is 5.75 Å². The number of carbonyl (C=O) groups is 1. The van der Waals surface area contributed by atoms with Crippen LogP contribution in [0.25, 0.3) is 0 Å². The van der Waals surface area contributed by atoms with E-state index in [1.165, 1.54) is 12.1 Å². The molecule has 0 radical (unpaired) electrons. The van der Waals surface area contributed by atoms with Crippen LogP contribution in [0.3, 0.4) is 0 Å². The van der Waals surface area contributed by atoms with Crippen molar-refractivity contribution in [3.63, 3.8) is 0 Å². The maximum absolute atomic E-state index is 12.0. The lowest BCUT2D eigenvalue weighted by Gasteiger charge is -2.29. The van der Waals surface area contributed by atoms with Gasteiger partial charge in [-0.3, -0.25) is 4.79 Å². The number of hydrogen-bond donors (Lipinski definition) is 2. The van der Waals surface area contributed by atoms with E-state index in [0.29, 0.717) is 11.6 Å². The van der Waals surface area contributed by atoms with Crippen LogP contribution in [-0.2, 0) is 0 Å². The number of nitrogens with one attached hydrogen (secondary N) is 1. The number of aromatic hydroxyl groups is 1. The molecule has 1 rings (SSSR count). The summed E-state index contributed by atoms with van der Waals surface area (Å²) in [5, 5.41) is 13.8. The normalized spacial score (nSPS) is 11.4. The van der Waals surface area contributed by atoms with Gasteiger partial charge < -0.3 is 10.4 Å². The molecule has 0 saturated carbocycles. The Balaban J connectivity index is 2.75. The average molecular weight is 349 g/mol. The average Bonchev–Trinajstić information content (AvgIpc) is 2.40. The first-order chi connectivity index (χ1) is 8.98. The lowest BCUT2D eigenvalue weighted by molar-refractivity contribution is 0.0929. The molecule has 1 aromatic carbocycles. The van der Waals surface area contributed by atoms with Crippen molar-refractivity contribution in [2.75, 3.05) is 11.9 Å². The molecule has 0 aliphatic carbocycles. The molecular formula is C14H19BrClNO2. The van der Waals surface area contributed by atoms with Gasteiger partial charge in [-0.1, -0.05) is 41.4 Å². The van der Waals surface area contributed by atoms with Gasteiger partial charge in [0.05, 0.1) is 5.56 Å². The summed E-state index contributed by atoms with van der Waals surface area (Å²) in [5.41, 5.74) is 0.303. The molecule has 19 heavy (non-hydrogen) atoms. The number of benzene rings is 1. The molecular weight excluding hydrogens is 330 g/mol. The third-order valence-electron chi connectivity index (χ3n) is 3.61. The number of phenols is 1. The molecule has 0 aliphatic rings. The largest absolute Gasteiger partial charge is 0.507 e. The Kier molecular flexibility index (Phi) is 6.14. The zero-order valence-corrected chi connectivity index (χ0v) is 13.5. The Morgan fingerprint density at radius 3 is 2.53 bits per heavy atom. The number of carbonyl (C=O) groups excluding carboxylic acids is 1. The molecule has 0 heterocycles. The van der Waals surface area contributed by atoms with Crippen molar-refractivity contribution in [2.45, 2.75) is 26.7 Å². The van der Waals surface area contributed by atoms with Crippen LogP contribution in [0.1, 0.15) is 37.0 Å². The molecule has 0 unspecified atom stereocenters. The zero-order valence-electron chi connectivity index (χ0n) is 11.2. The maximum atomic E-state index is 12.0. The van der Waals surface area contributed by atoms with E-state index in [2.05, 4.69) is 35.1 Å². The molecule has 0 bridgehead atoms. The second-order valence-electron chi connectivity index (χ2n) is 4.68. The SMILES string of the molecule is CCC(CC)(CBr)CNC(=O)c1ccc(Cl)cc1O. The summed E-state index contributed by atoms with van der Waals surface area (Å²) in [5.74, 6) is -0.371. The van der Waals surface area contributed by atoms with Gasteiger partial charge in [-0.25, -0.2) is 0 Å². The van der Waals surface area contributed by atoms with Crippen molar-refractivity contribution in [2.24, 2.45) is 5.41 Å². The fourth-order valence-electron chi connectivity index (χ4n) is 1.80. The molecule has 2 N–H and O–H groups in total. The number of rotatable bonds is 6. The summed E-state index contributed by atoms with van der Waals surface area (Å²) >= 11 is 9.25. The van der Waals surface area contributed by atoms with Crippen LogP contribution >= 0.6 is 27.5 Å². The third-order valence-corrected chi connectivity index (χ3v) is 5.04. The van der Waals surface area contributed by atoms with E-state index >= 15 is 0 Å². The van der Waals surface area contributed by atoms with Crippen LogP contribution in [0.5, 0.6) is 5.75 Å². The fraction of sp³-hybridized carbons (Fsp3) is 0.500. The Morgan fingerprint density at radius 2 is 2.05 bits per heavy atom. The highest BCUT2D eigenvalue weighted by molar-refractivity contribution is 9.09. The van der Waals surface area contributed by atoms with E-state index in [9.17, 15) is 9.90 Å². The second-order valence-corrected chi connectivity index (χ2v) is 5.68. The predicted octanol–water partition coefficient (Wildman–Crippen LogP) is 3.98. The van der Waals surface area contributed by atoms with E-state index in [1.807, 2.05) is 0 Å². The van der Waals surface area contributed by atoms with Gasteiger partial charge in [0.1, 0.15) is 5.75 Å². The van der Waals surface area contributed by atoms with Gasteiger partial charge in [-0.05, 0) is 36.5 Å². The Bertz CT molecular complexity index is 439. The molecule has 0 atom stereocenters. The summed E-state index contributed by atoms with van der Waals surface area (Å²) in [6.07, 6.45) is 1.95. The first-order valence-electron chi connectivity index (χ1n) is 6.30. The van der Waals surface area contributed by atoms with Crippen molar-refractivity contribution < 1.29 is 9.90 Å². The fourth-order valence-corrected chi connectivity index (χ4v) is 2.95. The molecule has 106 valence electrons. The minimum absolute atomic E-state index is 0.0533. The number of halogens is 2. The first-order valence-corrected chi connectivity index (χ1v) is 7.80. The van der Waals surface area contributed by atoms with Crippen LogP contribution in [-0.4, -0.2) is 22.9 Å². The molecule has 0 saturated heterocycles. The molecule has 1 amide bonds. The minimum Gasteiger partial charge on any atom is -0.507 e. The highest BCUT2D eigenvalue weighted by Gasteiger charge is 2.26. The van der Waals surface area contributed by atoms with Gasteiger partial charge >= 0.3 is 0 Å². The maximum Gasteiger partial charge on any atom is 0.255 e. The number of amides is 1. The molecule has 0 aromatic heterocycles. The summed E-state index contributed by atoms with van der Waals surface area (Å²) in [4.78, 5) is 12.0. The monoisotopic (exact) mass is 347 g/mol. The van der Waals surface area contributed by atoms with E-state index in [4.69, 9.17) is 11.6 Å². The summed E-state index contributed by atoms with van der Waals surface area (Å²) < 4.78 is 0. The van der Waals surface area contributed by atoms with Crippen LogP contribution in [0.4, 0.5) is 0 Å². The van der Waals surface area contributed by atoms with Crippen molar-refractivity contribution >= 4 is 33.4 Å². The van der Waals surface area contributed by atoms with Crippen molar-refractivity contribution in [1.29, 1.82) is 0 Å². The second kappa shape index (κ2) is 7.15. The topological polar surface area (TPSA) is 49.3 Å². The summed E-state index contributed by atoms with van der Waals surface area (Å²) in [6.45, 7) is 4.79. The number of alkyl halides is 1. The first kappa shape index (κ1) is 16.3. The van der Waals surface area contributed by atoms with Gasteiger partial charge in [0.15, 0.2) is 0 Å². The van der Waals surface area contributed by atoms with Crippen LogP contribution in [0.15, 0.2) is 18.2 Å². The Hall–Kier alpha value is -0.740. The van der Waals surface area contributed by atoms with E-state index < -0.39 is 0 Å². The zero-order chi connectivity index (χ0) is 14.5. The molecule has 5 heteroatoms. The van der Waals surface area contributed by atoms with E-state index in [-0.39, 0.29) is 22.6 Å². The quantitative estimate of drug-likeness (QED) is 0.764. The van der Waals surface area contributed by atoms with Gasteiger partial charge in [-0.15, -0.1) is 0 Å². The predicted molar refractivity (Wildman–Crippen MR) is 82.3 cm³/mol. The number of hydrogen-bond acceptors (Lipinski definition) is 2. The summed E-state index contributed by atoms with van der Waals surface area (Å²) in [7, 11) is 0. The van der Waals surface area contributed by atoms with Crippen molar-refractivity contribution in [3.05, 3.63) is 28.8 Å². The Labute approximate surface area is 127 Å². The molecule has 0 aliphatic heterocycles. The van der Waals surface area contributed by atoms with Crippen molar-refractivity contribution in [1.82, 2.24) is 5.32 Å². The van der Waals surface area contributed by atoms with Crippen LogP contribution in [0.2, 0.25) is 5.02 Å². The molecule has 0 fully saturated rings.